The van der Waals surface area contributed by atoms with Crippen LogP contribution >= 0.6 is 11.3 Å². The molecule has 0 spiro atoms. The molecule has 0 amide bonds. The Balaban J connectivity index is 2.47. The van der Waals surface area contributed by atoms with Gasteiger partial charge in [0.2, 0.25) is 0 Å². The third-order valence-electron chi connectivity index (χ3n) is 4.15. The summed E-state index contributed by atoms with van der Waals surface area (Å²) in [6.45, 7) is 8.13. The lowest BCUT2D eigenvalue weighted by atomic mass is 9.79. The first-order valence-electron chi connectivity index (χ1n) is 7.34. The Morgan fingerprint density at radius 1 is 1.38 bits per heavy atom. The van der Waals surface area contributed by atoms with Gasteiger partial charge in [0, 0.05) is 5.41 Å². The summed E-state index contributed by atoms with van der Waals surface area (Å²) in [5, 5.41) is 1.06. The van der Waals surface area contributed by atoms with Crippen LogP contribution in [0.2, 0.25) is 0 Å². The van der Waals surface area contributed by atoms with Crippen LogP contribution in [-0.4, -0.2) is 29.8 Å². The van der Waals surface area contributed by atoms with E-state index in [-0.39, 0.29) is 17.2 Å². The summed E-state index contributed by atoms with van der Waals surface area (Å²) in [5.41, 5.74) is 1.70. The van der Waals surface area contributed by atoms with Crippen molar-refractivity contribution in [2.45, 2.75) is 40.2 Å². The molecule has 1 aromatic carbocycles. The van der Waals surface area contributed by atoms with Crippen molar-refractivity contribution in [1.29, 1.82) is 0 Å². The van der Waals surface area contributed by atoms with Crippen molar-refractivity contribution >= 4 is 27.3 Å². The maximum absolute atomic E-state index is 12.9. The van der Waals surface area contributed by atoms with Crippen LogP contribution in [0.15, 0.2) is 18.2 Å². The van der Waals surface area contributed by atoms with Gasteiger partial charge >= 0.3 is 0 Å². The van der Waals surface area contributed by atoms with Crippen molar-refractivity contribution in [1.82, 2.24) is 9.88 Å². The molecule has 114 valence electrons. The van der Waals surface area contributed by atoms with Crippen LogP contribution in [0, 0.1) is 12.3 Å². The maximum atomic E-state index is 12.9. The molecule has 1 unspecified atom stereocenters. The number of nitrogens with zero attached hydrogens (tertiary/aromatic N) is 2. The van der Waals surface area contributed by atoms with Crippen LogP contribution in [0.25, 0.3) is 10.2 Å². The molecule has 0 N–H and O–H groups in total. The highest BCUT2D eigenvalue weighted by atomic mass is 32.1. The van der Waals surface area contributed by atoms with E-state index in [0.717, 1.165) is 22.5 Å². The average molecular weight is 304 g/mol. The fraction of sp³-hybridized carbons (Fsp3) is 0.529. The number of aryl methyl sites for hydroxylation is 1. The number of ketones is 1. The number of likely N-dealkylation sites (N-methyl/N-ethyl adjacent to an activating group) is 1. The molecule has 2 rings (SSSR count). The molecule has 1 atom stereocenters. The monoisotopic (exact) mass is 304 g/mol. The van der Waals surface area contributed by atoms with Crippen molar-refractivity contribution in [2.24, 2.45) is 5.41 Å². The van der Waals surface area contributed by atoms with Crippen LogP contribution in [-0.2, 0) is 4.79 Å². The number of rotatable bonds is 5. The van der Waals surface area contributed by atoms with E-state index in [4.69, 9.17) is 0 Å². The van der Waals surface area contributed by atoms with Crippen molar-refractivity contribution in [3.8, 4) is 0 Å². The predicted molar refractivity (Wildman–Crippen MR) is 89.9 cm³/mol. The molecule has 0 saturated heterocycles. The maximum Gasteiger partial charge on any atom is 0.160 e. The fourth-order valence-electron chi connectivity index (χ4n) is 2.46. The summed E-state index contributed by atoms with van der Waals surface area (Å²) >= 11 is 1.69. The first-order chi connectivity index (χ1) is 9.76. The van der Waals surface area contributed by atoms with Crippen LogP contribution in [0.1, 0.15) is 43.8 Å². The topological polar surface area (TPSA) is 33.2 Å². The molecule has 21 heavy (non-hydrogen) atoms. The number of carbonyl (C=O) groups is 1. The van der Waals surface area contributed by atoms with E-state index in [0.29, 0.717) is 0 Å². The van der Waals surface area contributed by atoms with Gasteiger partial charge in [-0.15, -0.1) is 11.3 Å². The highest BCUT2D eigenvalue weighted by Gasteiger charge is 2.34. The average Bonchev–Trinajstić information content (AvgIpc) is 2.77. The van der Waals surface area contributed by atoms with Crippen molar-refractivity contribution in [3.63, 3.8) is 0 Å². The first kappa shape index (κ1) is 16.1. The lowest BCUT2D eigenvalue weighted by molar-refractivity contribution is -0.132. The number of aromatic nitrogens is 1. The minimum Gasteiger partial charge on any atom is -0.297 e. The predicted octanol–water partition coefficient (Wildman–Crippen LogP) is 4.21. The lowest BCUT2D eigenvalue weighted by Crippen LogP contribution is -2.36. The van der Waals surface area contributed by atoms with E-state index in [1.165, 1.54) is 4.70 Å². The van der Waals surface area contributed by atoms with Gasteiger partial charge in [0.15, 0.2) is 5.78 Å². The standard InChI is InChI=1S/C17H24N2OS/c1-7-17(3,4)16(20)15(19(5)6)12-8-9-14-13(10-12)18-11(2)21-14/h8-10,15H,7H2,1-6H3. The molecule has 0 radical (unpaired) electrons. The number of benzene rings is 1. The Hall–Kier alpha value is -1.26. The summed E-state index contributed by atoms with van der Waals surface area (Å²) in [6.07, 6.45) is 0.841. The van der Waals surface area contributed by atoms with E-state index in [2.05, 4.69) is 30.1 Å². The van der Waals surface area contributed by atoms with Gasteiger partial charge in [-0.1, -0.05) is 26.8 Å². The minimum absolute atomic E-state index is 0.216. The van der Waals surface area contributed by atoms with E-state index in [1.807, 2.05) is 39.8 Å². The quantitative estimate of drug-likeness (QED) is 0.829. The molecule has 0 aliphatic rings. The number of fused-ring (bicyclic) bond motifs is 1. The molecule has 0 aliphatic heterocycles. The Kier molecular flexibility index (Phi) is 4.49. The summed E-state index contributed by atoms with van der Waals surface area (Å²) in [5.74, 6) is 0.265. The number of carbonyl (C=O) groups excluding carboxylic acids is 1. The van der Waals surface area contributed by atoms with Gasteiger partial charge in [-0.2, -0.15) is 0 Å². The largest absolute Gasteiger partial charge is 0.297 e. The van der Waals surface area contributed by atoms with E-state index in [1.54, 1.807) is 11.3 Å². The zero-order valence-corrected chi connectivity index (χ0v) is 14.5. The molecule has 4 heteroatoms. The van der Waals surface area contributed by atoms with Crippen molar-refractivity contribution in [3.05, 3.63) is 28.8 Å². The second-order valence-electron chi connectivity index (χ2n) is 6.43. The normalized spacial score (nSPS) is 13.9. The van der Waals surface area contributed by atoms with Gasteiger partial charge in [-0.25, -0.2) is 4.98 Å². The summed E-state index contributed by atoms with van der Waals surface area (Å²) in [6, 6.07) is 5.99. The molecule has 3 nitrogen and oxygen atoms in total. The van der Waals surface area contributed by atoms with Gasteiger partial charge in [0.05, 0.1) is 21.3 Å². The van der Waals surface area contributed by atoms with Gasteiger partial charge in [0.1, 0.15) is 0 Å². The zero-order valence-electron chi connectivity index (χ0n) is 13.7. The van der Waals surface area contributed by atoms with Crippen LogP contribution in [0.4, 0.5) is 0 Å². The molecule has 0 bridgehead atoms. The van der Waals surface area contributed by atoms with Crippen molar-refractivity contribution in [2.75, 3.05) is 14.1 Å². The Bertz CT molecular complexity index is 658. The van der Waals surface area contributed by atoms with Crippen LogP contribution in [0.3, 0.4) is 0 Å². The van der Waals surface area contributed by atoms with Crippen LogP contribution in [0.5, 0.6) is 0 Å². The second kappa shape index (κ2) is 5.85. The number of hydrogen-bond donors (Lipinski definition) is 0. The zero-order chi connectivity index (χ0) is 15.8. The number of thiazole rings is 1. The number of Topliss-reactive ketones (excluding diaryl/α,β-unsaturated/α-hetero) is 1. The molecular weight excluding hydrogens is 280 g/mol. The summed E-state index contributed by atoms with van der Waals surface area (Å²) < 4.78 is 1.18. The third-order valence-corrected chi connectivity index (χ3v) is 5.10. The van der Waals surface area contributed by atoms with Crippen LogP contribution < -0.4 is 0 Å². The van der Waals surface area contributed by atoms with Crippen molar-refractivity contribution < 1.29 is 4.79 Å². The highest BCUT2D eigenvalue weighted by Crippen LogP contribution is 2.33. The Morgan fingerprint density at radius 2 is 2.05 bits per heavy atom. The molecule has 0 aliphatic carbocycles. The Morgan fingerprint density at radius 3 is 2.62 bits per heavy atom. The first-order valence-corrected chi connectivity index (χ1v) is 8.15. The summed E-state index contributed by atoms with van der Waals surface area (Å²) in [4.78, 5) is 19.5. The molecular formula is C17H24N2OS. The molecule has 1 aromatic heterocycles. The van der Waals surface area contributed by atoms with E-state index >= 15 is 0 Å². The van der Waals surface area contributed by atoms with E-state index < -0.39 is 0 Å². The summed E-state index contributed by atoms with van der Waals surface area (Å²) in [7, 11) is 3.93. The van der Waals surface area contributed by atoms with Gasteiger partial charge < -0.3 is 0 Å². The third kappa shape index (κ3) is 3.16. The second-order valence-corrected chi connectivity index (χ2v) is 7.66. The smallest absolute Gasteiger partial charge is 0.160 e. The highest BCUT2D eigenvalue weighted by molar-refractivity contribution is 7.18. The molecule has 2 aromatic rings. The van der Waals surface area contributed by atoms with Gasteiger partial charge in [-0.05, 0) is 45.1 Å². The molecule has 1 heterocycles. The van der Waals surface area contributed by atoms with Gasteiger partial charge in [0.25, 0.3) is 0 Å². The Labute approximate surface area is 131 Å². The van der Waals surface area contributed by atoms with E-state index in [9.17, 15) is 4.79 Å². The molecule has 0 fully saturated rings. The SMILES string of the molecule is CCC(C)(C)C(=O)C(c1ccc2sc(C)nc2c1)N(C)C. The number of hydrogen-bond acceptors (Lipinski definition) is 4. The minimum atomic E-state index is -0.318. The fourth-order valence-corrected chi connectivity index (χ4v) is 3.27. The molecule has 0 saturated carbocycles. The van der Waals surface area contributed by atoms with Gasteiger partial charge in [-0.3, -0.25) is 9.69 Å². The lowest BCUT2D eigenvalue weighted by Gasteiger charge is -2.31.